The van der Waals surface area contributed by atoms with Crippen molar-refractivity contribution in [3.63, 3.8) is 0 Å². The van der Waals surface area contributed by atoms with E-state index in [2.05, 4.69) is 10.3 Å². The quantitative estimate of drug-likeness (QED) is 0.361. The number of aliphatic hydroxyl groups excluding tert-OH is 1. The average Bonchev–Trinajstić information content (AvgIpc) is 3.09. The number of hydrogen-bond acceptors (Lipinski definition) is 6. The Labute approximate surface area is 179 Å². The predicted octanol–water partition coefficient (Wildman–Crippen LogP) is 3.04. The number of para-hydroxylation sites is 2. The highest BCUT2D eigenvalue weighted by Crippen LogP contribution is 2.22. The lowest BCUT2D eigenvalue weighted by Gasteiger charge is -2.14. The van der Waals surface area contributed by atoms with Crippen LogP contribution in [0.25, 0.3) is 16.6 Å². The Morgan fingerprint density at radius 2 is 2.00 bits per heavy atom. The van der Waals surface area contributed by atoms with Crippen molar-refractivity contribution in [3.8, 4) is 6.07 Å². The molecule has 158 valence electrons. The number of aromatic nitrogens is 2. The molecule has 1 aromatic heterocycles. The van der Waals surface area contributed by atoms with E-state index in [4.69, 9.17) is 4.74 Å². The minimum Gasteiger partial charge on any atom is -0.507 e. The number of rotatable bonds is 6. The van der Waals surface area contributed by atoms with Gasteiger partial charge in [0.05, 0.1) is 11.0 Å². The second kappa shape index (κ2) is 9.13. The third kappa shape index (κ3) is 4.73. The number of fused-ring (bicyclic) bond motifs is 1. The molecule has 3 aromatic rings. The lowest BCUT2D eigenvalue weighted by molar-refractivity contribution is -0.145. The summed E-state index contributed by atoms with van der Waals surface area (Å²) in [4.78, 5) is 28.9. The molecule has 0 aliphatic carbocycles. The summed E-state index contributed by atoms with van der Waals surface area (Å²) in [7, 11) is 1.73. The van der Waals surface area contributed by atoms with Crippen molar-refractivity contribution in [3.05, 3.63) is 71.2 Å². The number of carbonyl (C=O) groups excluding carboxylic acids is 2. The van der Waals surface area contributed by atoms with Gasteiger partial charge in [-0.15, -0.1) is 0 Å². The number of allylic oxidation sites excluding steroid dienone is 1. The molecule has 0 radical (unpaired) electrons. The maximum absolute atomic E-state index is 12.3. The van der Waals surface area contributed by atoms with Crippen LogP contribution >= 0.6 is 0 Å². The number of nitrogens with one attached hydrogen (secondary N) is 1. The summed E-state index contributed by atoms with van der Waals surface area (Å²) in [6.07, 6.45) is 0. The number of amides is 1. The maximum Gasteiger partial charge on any atom is 0.328 e. The van der Waals surface area contributed by atoms with Crippen LogP contribution in [0.5, 0.6) is 0 Å². The zero-order valence-electron chi connectivity index (χ0n) is 17.4. The van der Waals surface area contributed by atoms with Gasteiger partial charge in [0, 0.05) is 12.6 Å². The number of ether oxygens (including phenoxy) is 1. The molecule has 0 unspecified atom stereocenters. The van der Waals surface area contributed by atoms with Crippen molar-refractivity contribution in [1.29, 1.82) is 5.26 Å². The van der Waals surface area contributed by atoms with Crippen LogP contribution in [0, 0.1) is 18.3 Å². The zero-order chi connectivity index (χ0) is 22.5. The van der Waals surface area contributed by atoms with E-state index in [0.717, 1.165) is 11.1 Å². The molecular weight excluding hydrogens is 396 g/mol. The van der Waals surface area contributed by atoms with Gasteiger partial charge in [-0.3, -0.25) is 4.79 Å². The Bertz CT molecular complexity index is 1220. The number of esters is 1. The summed E-state index contributed by atoms with van der Waals surface area (Å²) in [6.45, 7) is 2.82. The molecule has 0 spiro atoms. The summed E-state index contributed by atoms with van der Waals surface area (Å²) in [6, 6.07) is 15.2. The van der Waals surface area contributed by atoms with E-state index in [0.29, 0.717) is 11.1 Å². The number of benzene rings is 2. The Hall–Kier alpha value is -4.12. The predicted molar refractivity (Wildman–Crippen MR) is 115 cm³/mol. The Morgan fingerprint density at radius 3 is 2.68 bits per heavy atom. The first-order valence-corrected chi connectivity index (χ1v) is 9.60. The van der Waals surface area contributed by atoms with E-state index in [1.165, 1.54) is 6.92 Å². The number of hydrogen-bond donors (Lipinski definition) is 2. The highest BCUT2D eigenvalue weighted by molar-refractivity contribution is 5.96. The highest BCUT2D eigenvalue weighted by Gasteiger charge is 2.21. The van der Waals surface area contributed by atoms with Gasteiger partial charge in [-0.25, -0.2) is 9.78 Å². The Balaban J connectivity index is 1.68. The van der Waals surface area contributed by atoms with Crippen LogP contribution in [0.4, 0.5) is 0 Å². The first-order valence-electron chi connectivity index (χ1n) is 9.60. The minimum absolute atomic E-state index is 0.0945. The van der Waals surface area contributed by atoms with Crippen LogP contribution < -0.4 is 5.32 Å². The number of aryl methyl sites for hydroxylation is 2. The number of nitriles is 1. The fraction of sp³-hybridized carbons (Fsp3) is 0.217. The zero-order valence-corrected chi connectivity index (χ0v) is 17.4. The van der Waals surface area contributed by atoms with E-state index in [9.17, 15) is 20.0 Å². The van der Waals surface area contributed by atoms with Crippen molar-refractivity contribution in [2.75, 3.05) is 6.61 Å². The third-order valence-corrected chi connectivity index (χ3v) is 4.74. The smallest absolute Gasteiger partial charge is 0.328 e. The van der Waals surface area contributed by atoms with Gasteiger partial charge in [0.15, 0.2) is 11.6 Å². The van der Waals surface area contributed by atoms with Gasteiger partial charge in [-0.2, -0.15) is 5.26 Å². The molecule has 0 saturated heterocycles. The van der Waals surface area contributed by atoms with Gasteiger partial charge >= 0.3 is 5.97 Å². The summed E-state index contributed by atoms with van der Waals surface area (Å²) in [5, 5.41) is 22.5. The maximum atomic E-state index is 12.3. The Morgan fingerprint density at radius 1 is 1.26 bits per heavy atom. The summed E-state index contributed by atoms with van der Waals surface area (Å²) in [5.74, 6) is -1.32. The van der Waals surface area contributed by atoms with Crippen LogP contribution in [0.3, 0.4) is 0 Å². The van der Waals surface area contributed by atoms with Crippen LogP contribution in [-0.4, -0.2) is 39.2 Å². The topological polar surface area (TPSA) is 117 Å². The highest BCUT2D eigenvalue weighted by atomic mass is 16.5. The van der Waals surface area contributed by atoms with E-state index >= 15 is 0 Å². The van der Waals surface area contributed by atoms with E-state index in [1.54, 1.807) is 35.9 Å². The van der Waals surface area contributed by atoms with Crippen LogP contribution in [-0.2, 0) is 16.6 Å². The van der Waals surface area contributed by atoms with E-state index < -0.39 is 30.3 Å². The summed E-state index contributed by atoms with van der Waals surface area (Å²) in [5.41, 5.74) is 2.72. The molecule has 0 bridgehead atoms. The molecule has 0 fully saturated rings. The molecule has 8 heteroatoms. The molecule has 2 aromatic carbocycles. The fourth-order valence-corrected chi connectivity index (χ4v) is 3.07. The lowest BCUT2D eigenvalue weighted by Crippen LogP contribution is -2.39. The molecule has 8 nitrogen and oxygen atoms in total. The number of carbonyl (C=O) groups is 2. The van der Waals surface area contributed by atoms with Gasteiger partial charge in [-0.1, -0.05) is 29.8 Å². The molecule has 3 rings (SSSR count). The first-order chi connectivity index (χ1) is 14.8. The monoisotopic (exact) mass is 418 g/mol. The molecule has 0 aliphatic rings. The number of aliphatic hydroxyl groups is 1. The molecule has 1 heterocycles. The Kier molecular flexibility index (Phi) is 6.36. The van der Waals surface area contributed by atoms with Crippen molar-refractivity contribution in [2.24, 2.45) is 7.05 Å². The lowest BCUT2D eigenvalue weighted by atomic mass is 10.1. The second-order valence-electron chi connectivity index (χ2n) is 7.09. The third-order valence-electron chi connectivity index (χ3n) is 4.74. The molecule has 0 aliphatic heterocycles. The van der Waals surface area contributed by atoms with Crippen molar-refractivity contribution >= 4 is 28.5 Å². The van der Waals surface area contributed by atoms with Gasteiger partial charge in [0.2, 0.25) is 0 Å². The van der Waals surface area contributed by atoms with Crippen molar-refractivity contribution in [2.45, 2.75) is 19.9 Å². The van der Waals surface area contributed by atoms with Gasteiger partial charge in [0.25, 0.3) is 5.91 Å². The summed E-state index contributed by atoms with van der Waals surface area (Å²) < 4.78 is 6.77. The van der Waals surface area contributed by atoms with Crippen LogP contribution in [0.2, 0.25) is 0 Å². The SMILES string of the molecule is Cc1cccc(C(=O)N[C@@H](C)C(=O)OC/C(O)=C(\C#N)c2nc3ccccc3n2C)c1. The molecule has 0 saturated carbocycles. The number of nitrogens with zero attached hydrogens (tertiary/aromatic N) is 3. The normalized spacial score (nSPS) is 12.6. The largest absolute Gasteiger partial charge is 0.507 e. The van der Waals surface area contributed by atoms with Gasteiger partial charge < -0.3 is 19.7 Å². The van der Waals surface area contributed by atoms with Gasteiger partial charge in [0.1, 0.15) is 24.3 Å². The van der Waals surface area contributed by atoms with E-state index in [-0.39, 0.29) is 11.4 Å². The fourth-order valence-electron chi connectivity index (χ4n) is 3.07. The molecule has 31 heavy (non-hydrogen) atoms. The molecule has 2 N–H and O–H groups in total. The minimum atomic E-state index is -0.943. The second-order valence-corrected chi connectivity index (χ2v) is 7.09. The first kappa shape index (κ1) is 21.6. The van der Waals surface area contributed by atoms with Crippen molar-refractivity contribution in [1.82, 2.24) is 14.9 Å². The van der Waals surface area contributed by atoms with Crippen LogP contribution in [0.15, 0.2) is 54.3 Å². The van der Waals surface area contributed by atoms with Gasteiger partial charge in [-0.05, 0) is 38.1 Å². The standard InChI is InChI=1S/C23H22N4O4/c1-14-7-6-8-16(11-14)22(29)25-15(2)23(30)31-13-20(28)17(12-24)21-26-18-9-4-5-10-19(18)27(21)3/h4-11,15,28H,13H2,1-3H3,(H,25,29)/b20-17-/t15-/m0/s1. The summed E-state index contributed by atoms with van der Waals surface area (Å²) >= 11 is 0. The average molecular weight is 418 g/mol. The van der Waals surface area contributed by atoms with Crippen molar-refractivity contribution < 1.29 is 19.4 Å². The van der Waals surface area contributed by atoms with Crippen LogP contribution in [0.1, 0.15) is 28.7 Å². The van der Waals surface area contributed by atoms with E-state index in [1.807, 2.05) is 37.3 Å². The molecule has 1 amide bonds. The number of imidazole rings is 1. The molecule has 1 atom stereocenters. The molecular formula is C23H22N4O4.